The van der Waals surface area contributed by atoms with Crippen molar-refractivity contribution >= 4 is 16.5 Å². The summed E-state index contributed by atoms with van der Waals surface area (Å²) in [6, 6.07) is 0. The van der Waals surface area contributed by atoms with Crippen LogP contribution in [-0.2, 0) is 7.05 Å². The van der Waals surface area contributed by atoms with Gasteiger partial charge in [-0.05, 0) is 11.3 Å². The molecule has 0 atom stereocenters. The molecule has 1 rings (SSSR count). The third-order valence-electron chi connectivity index (χ3n) is 0.705. The predicted molar refractivity (Wildman–Crippen MR) is 31.8 cm³/mol. The van der Waals surface area contributed by atoms with Crippen molar-refractivity contribution in [1.29, 1.82) is 0 Å². The highest BCUT2D eigenvalue weighted by molar-refractivity contribution is 7.12. The molecular formula is C3H5N3OS. The Bertz CT molecular complexity index is 237. The summed E-state index contributed by atoms with van der Waals surface area (Å²) < 4.78 is 1.21. The second kappa shape index (κ2) is 1.59. The minimum absolute atomic E-state index is 0.123. The van der Waals surface area contributed by atoms with Crippen molar-refractivity contribution in [3.05, 3.63) is 9.67 Å². The van der Waals surface area contributed by atoms with Crippen LogP contribution >= 0.6 is 11.3 Å². The summed E-state index contributed by atoms with van der Waals surface area (Å²) in [6.07, 6.45) is 0. The van der Waals surface area contributed by atoms with Gasteiger partial charge >= 0.3 is 4.87 Å². The van der Waals surface area contributed by atoms with Crippen LogP contribution in [0.2, 0.25) is 0 Å². The first-order valence-corrected chi connectivity index (χ1v) is 2.81. The standard InChI is InChI=1S/C3H5N3OS/c1-6-3(7)8-2(4)5-6/h1H3,(H2,4,5). The predicted octanol–water partition coefficient (Wildman–Crippen LogP) is -0.576. The number of aryl methyl sites for hydroxylation is 1. The van der Waals surface area contributed by atoms with Gasteiger partial charge in [0, 0.05) is 7.05 Å². The third-order valence-corrected chi connectivity index (χ3v) is 1.43. The van der Waals surface area contributed by atoms with Gasteiger partial charge in [0.1, 0.15) is 0 Å². The average molecular weight is 131 g/mol. The Kier molecular flexibility index (Phi) is 1.05. The van der Waals surface area contributed by atoms with Gasteiger partial charge in [-0.25, -0.2) is 4.68 Å². The summed E-state index contributed by atoms with van der Waals surface area (Å²) in [5, 5.41) is 3.93. The van der Waals surface area contributed by atoms with Crippen LogP contribution in [0, 0.1) is 0 Å². The van der Waals surface area contributed by atoms with Crippen molar-refractivity contribution in [2.45, 2.75) is 0 Å². The zero-order chi connectivity index (χ0) is 6.15. The van der Waals surface area contributed by atoms with Crippen molar-refractivity contribution in [2.24, 2.45) is 7.05 Å². The van der Waals surface area contributed by atoms with Crippen molar-refractivity contribution in [3.8, 4) is 0 Å². The SMILES string of the molecule is Cn1nc(N)sc1=O. The first-order chi connectivity index (χ1) is 3.70. The van der Waals surface area contributed by atoms with E-state index >= 15 is 0 Å². The maximum absolute atomic E-state index is 10.5. The van der Waals surface area contributed by atoms with E-state index in [1.54, 1.807) is 7.05 Å². The first kappa shape index (κ1) is 5.30. The molecule has 8 heavy (non-hydrogen) atoms. The van der Waals surface area contributed by atoms with Crippen LogP contribution in [0.3, 0.4) is 0 Å². The number of anilines is 1. The van der Waals surface area contributed by atoms with Crippen molar-refractivity contribution in [1.82, 2.24) is 9.78 Å². The molecule has 0 saturated heterocycles. The number of rotatable bonds is 0. The number of nitrogen functional groups attached to an aromatic ring is 1. The van der Waals surface area contributed by atoms with Crippen LogP contribution in [0.15, 0.2) is 4.79 Å². The van der Waals surface area contributed by atoms with Crippen LogP contribution in [0.1, 0.15) is 0 Å². The van der Waals surface area contributed by atoms with Crippen LogP contribution in [-0.4, -0.2) is 9.78 Å². The van der Waals surface area contributed by atoms with Gasteiger partial charge in [0.2, 0.25) is 5.13 Å². The van der Waals surface area contributed by atoms with E-state index in [0.717, 1.165) is 11.3 Å². The van der Waals surface area contributed by atoms with E-state index < -0.39 is 0 Å². The zero-order valence-corrected chi connectivity index (χ0v) is 5.10. The third kappa shape index (κ3) is 0.717. The van der Waals surface area contributed by atoms with E-state index in [0.29, 0.717) is 5.13 Å². The van der Waals surface area contributed by atoms with E-state index in [4.69, 9.17) is 5.73 Å². The molecule has 0 unspecified atom stereocenters. The summed E-state index contributed by atoms with van der Waals surface area (Å²) in [4.78, 5) is 10.4. The molecule has 1 aromatic heterocycles. The summed E-state index contributed by atoms with van der Waals surface area (Å²) in [5.41, 5.74) is 5.17. The minimum Gasteiger partial charge on any atom is -0.374 e. The number of nitrogens with two attached hydrogens (primary N) is 1. The fourth-order valence-electron chi connectivity index (χ4n) is 0.365. The quantitative estimate of drug-likeness (QED) is 0.512. The monoisotopic (exact) mass is 131 g/mol. The lowest BCUT2D eigenvalue weighted by Crippen LogP contribution is -2.08. The van der Waals surface area contributed by atoms with Gasteiger partial charge in [-0.3, -0.25) is 4.79 Å². The van der Waals surface area contributed by atoms with E-state index in [2.05, 4.69) is 5.10 Å². The van der Waals surface area contributed by atoms with Gasteiger partial charge in [0.25, 0.3) is 0 Å². The molecule has 1 aromatic rings. The molecular weight excluding hydrogens is 126 g/mol. The first-order valence-electron chi connectivity index (χ1n) is 2.00. The molecule has 44 valence electrons. The van der Waals surface area contributed by atoms with Gasteiger partial charge in [0.05, 0.1) is 0 Å². The topological polar surface area (TPSA) is 60.9 Å². The van der Waals surface area contributed by atoms with Crippen molar-refractivity contribution in [2.75, 3.05) is 5.73 Å². The summed E-state index contributed by atoms with van der Waals surface area (Å²) in [5.74, 6) is 0. The number of nitrogens with zero attached hydrogens (tertiary/aromatic N) is 2. The lowest BCUT2D eigenvalue weighted by Gasteiger charge is -1.76. The Labute approximate surface area is 49.6 Å². The summed E-state index contributed by atoms with van der Waals surface area (Å²) in [7, 11) is 1.56. The second-order valence-corrected chi connectivity index (χ2v) is 2.30. The molecule has 0 bridgehead atoms. The minimum atomic E-state index is -0.123. The summed E-state index contributed by atoms with van der Waals surface area (Å²) in [6.45, 7) is 0. The van der Waals surface area contributed by atoms with Crippen molar-refractivity contribution in [3.63, 3.8) is 0 Å². The van der Waals surface area contributed by atoms with Crippen LogP contribution < -0.4 is 10.6 Å². The highest BCUT2D eigenvalue weighted by Crippen LogP contribution is 1.95. The Balaban J connectivity index is 3.35. The fraction of sp³-hybridized carbons (Fsp3) is 0.333. The van der Waals surface area contributed by atoms with Crippen LogP contribution in [0.5, 0.6) is 0 Å². The Morgan fingerprint density at radius 3 is 2.62 bits per heavy atom. The second-order valence-electron chi connectivity index (χ2n) is 1.33. The van der Waals surface area contributed by atoms with Gasteiger partial charge in [-0.2, -0.15) is 0 Å². The molecule has 0 aliphatic rings. The smallest absolute Gasteiger partial charge is 0.326 e. The highest BCUT2D eigenvalue weighted by atomic mass is 32.1. The lowest BCUT2D eigenvalue weighted by molar-refractivity contribution is 0.747. The molecule has 4 nitrogen and oxygen atoms in total. The number of aromatic nitrogens is 2. The van der Waals surface area contributed by atoms with E-state index in [1.807, 2.05) is 0 Å². The van der Waals surface area contributed by atoms with E-state index in [9.17, 15) is 4.79 Å². The number of hydrogen-bond acceptors (Lipinski definition) is 4. The largest absolute Gasteiger partial charge is 0.374 e. The molecule has 0 aliphatic heterocycles. The fourth-order valence-corrected chi connectivity index (χ4v) is 0.880. The molecule has 0 fully saturated rings. The molecule has 5 heteroatoms. The maximum Gasteiger partial charge on any atom is 0.326 e. The molecule has 2 N–H and O–H groups in total. The highest BCUT2D eigenvalue weighted by Gasteiger charge is 1.94. The van der Waals surface area contributed by atoms with Crippen molar-refractivity contribution < 1.29 is 0 Å². The van der Waals surface area contributed by atoms with Gasteiger partial charge in [-0.1, -0.05) is 0 Å². The van der Waals surface area contributed by atoms with Crippen LogP contribution in [0.25, 0.3) is 0 Å². The van der Waals surface area contributed by atoms with E-state index in [-0.39, 0.29) is 4.87 Å². The molecule has 0 radical (unpaired) electrons. The van der Waals surface area contributed by atoms with E-state index in [1.165, 1.54) is 4.68 Å². The molecule has 1 heterocycles. The van der Waals surface area contributed by atoms with Gasteiger partial charge in [0.15, 0.2) is 0 Å². The lowest BCUT2D eigenvalue weighted by atomic mass is 11.2. The molecule has 0 amide bonds. The van der Waals surface area contributed by atoms with Gasteiger partial charge < -0.3 is 5.73 Å². The van der Waals surface area contributed by atoms with Gasteiger partial charge in [-0.15, -0.1) is 5.10 Å². The average Bonchev–Trinajstić information content (AvgIpc) is 1.85. The molecule has 0 aromatic carbocycles. The Morgan fingerprint density at radius 1 is 1.88 bits per heavy atom. The zero-order valence-electron chi connectivity index (χ0n) is 4.29. The van der Waals surface area contributed by atoms with Crippen LogP contribution in [0.4, 0.5) is 5.13 Å². The normalized spacial score (nSPS) is 9.62. The summed E-state index contributed by atoms with van der Waals surface area (Å²) >= 11 is 0.943. The Morgan fingerprint density at radius 2 is 2.50 bits per heavy atom. The molecule has 0 spiro atoms. The Hall–Kier alpha value is -0.840. The maximum atomic E-state index is 10.5. The molecule has 0 aliphatic carbocycles. The molecule has 0 saturated carbocycles. The number of hydrogen-bond donors (Lipinski definition) is 1.